The smallest absolute Gasteiger partial charge is 0.126 e. The van der Waals surface area contributed by atoms with E-state index in [0.29, 0.717) is 11.5 Å². The Balaban J connectivity index is 2.28. The molecule has 1 aliphatic rings. The van der Waals surface area contributed by atoms with Crippen molar-refractivity contribution in [1.29, 1.82) is 0 Å². The van der Waals surface area contributed by atoms with E-state index in [2.05, 4.69) is 6.92 Å². The van der Waals surface area contributed by atoms with Gasteiger partial charge in [0, 0.05) is 6.07 Å². The molecular weight excluding hydrogens is 234 g/mol. The number of halogens is 2. The molecule has 1 saturated carbocycles. The van der Waals surface area contributed by atoms with Crippen molar-refractivity contribution in [2.75, 3.05) is 0 Å². The first-order valence-electron chi connectivity index (χ1n) is 6.58. The van der Waals surface area contributed by atoms with Crippen molar-refractivity contribution in [3.05, 3.63) is 35.4 Å². The minimum Gasteiger partial charge on any atom is -0.385 e. The van der Waals surface area contributed by atoms with Crippen LogP contribution >= 0.6 is 0 Å². The van der Waals surface area contributed by atoms with Crippen molar-refractivity contribution >= 4 is 0 Å². The maximum Gasteiger partial charge on any atom is 0.126 e. The Labute approximate surface area is 107 Å². The van der Waals surface area contributed by atoms with Gasteiger partial charge in [0.05, 0.1) is 5.60 Å². The second-order valence-electron chi connectivity index (χ2n) is 5.77. The summed E-state index contributed by atoms with van der Waals surface area (Å²) < 4.78 is 26.5. The largest absolute Gasteiger partial charge is 0.385 e. The van der Waals surface area contributed by atoms with E-state index in [1.165, 1.54) is 18.6 Å². The fourth-order valence-electron chi connectivity index (χ4n) is 3.03. The Morgan fingerprint density at radius 3 is 2.33 bits per heavy atom. The highest BCUT2D eigenvalue weighted by atomic mass is 19.1. The third kappa shape index (κ3) is 2.72. The van der Waals surface area contributed by atoms with Crippen LogP contribution < -0.4 is 0 Å². The molecule has 1 aliphatic carbocycles. The van der Waals surface area contributed by atoms with Gasteiger partial charge in [0.2, 0.25) is 0 Å². The summed E-state index contributed by atoms with van der Waals surface area (Å²) in [4.78, 5) is 0. The summed E-state index contributed by atoms with van der Waals surface area (Å²) in [6.07, 6.45) is 4.06. The Morgan fingerprint density at radius 2 is 1.78 bits per heavy atom. The molecule has 3 atom stereocenters. The Hall–Kier alpha value is -0.960. The van der Waals surface area contributed by atoms with Gasteiger partial charge in [-0.3, -0.25) is 0 Å². The topological polar surface area (TPSA) is 20.2 Å². The van der Waals surface area contributed by atoms with Gasteiger partial charge in [0.25, 0.3) is 0 Å². The quantitative estimate of drug-likeness (QED) is 0.845. The molecule has 1 aromatic rings. The summed E-state index contributed by atoms with van der Waals surface area (Å²) in [5.41, 5.74) is -0.809. The van der Waals surface area contributed by atoms with Crippen molar-refractivity contribution in [2.45, 2.75) is 45.1 Å². The van der Waals surface area contributed by atoms with Gasteiger partial charge in [0.15, 0.2) is 0 Å². The van der Waals surface area contributed by atoms with Crippen LogP contribution in [0.25, 0.3) is 0 Å². The van der Waals surface area contributed by atoms with E-state index in [4.69, 9.17) is 0 Å². The van der Waals surface area contributed by atoms with Crippen LogP contribution in [0.2, 0.25) is 0 Å². The highest BCUT2D eigenvalue weighted by molar-refractivity contribution is 5.24. The summed E-state index contributed by atoms with van der Waals surface area (Å²) >= 11 is 0. The normalized spacial score (nSPS) is 27.8. The molecule has 1 aromatic carbocycles. The van der Waals surface area contributed by atoms with Crippen molar-refractivity contribution in [1.82, 2.24) is 0 Å². The molecule has 0 radical (unpaired) electrons. The molecule has 2 rings (SSSR count). The fraction of sp³-hybridized carbons (Fsp3) is 0.600. The molecule has 3 unspecified atom stereocenters. The molecule has 0 spiro atoms. The van der Waals surface area contributed by atoms with Crippen molar-refractivity contribution in [3.63, 3.8) is 0 Å². The lowest BCUT2D eigenvalue weighted by Gasteiger charge is -2.38. The van der Waals surface area contributed by atoms with E-state index in [1.807, 2.05) is 0 Å². The Bertz CT molecular complexity index is 408. The molecule has 0 saturated heterocycles. The van der Waals surface area contributed by atoms with Gasteiger partial charge in [-0.2, -0.15) is 0 Å². The van der Waals surface area contributed by atoms with E-state index in [-0.39, 0.29) is 5.92 Å². The number of hydrogen-bond donors (Lipinski definition) is 1. The number of rotatable bonds is 2. The maximum absolute atomic E-state index is 13.3. The van der Waals surface area contributed by atoms with Crippen molar-refractivity contribution in [3.8, 4) is 0 Å². The lowest BCUT2D eigenvalue weighted by atomic mass is 9.71. The maximum atomic E-state index is 13.3. The van der Waals surface area contributed by atoms with Crippen LogP contribution in [0.15, 0.2) is 18.2 Å². The molecule has 3 heteroatoms. The average molecular weight is 254 g/mol. The van der Waals surface area contributed by atoms with Gasteiger partial charge in [-0.25, -0.2) is 8.78 Å². The monoisotopic (exact) mass is 254 g/mol. The van der Waals surface area contributed by atoms with Crippen LogP contribution in [0.5, 0.6) is 0 Å². The summed E-state index contributed by atoms with van der Waals surface area (Å²) in [7, 11) is 0. The molecule has 1 N–H and O–H groups in total. The summed E-state index contributed by atoms with van der Waals surface area (Å²) in [5.74, 6) is -0.626. The lowest BCUT2D eigenvalue weighted by Crippen LogP contribution is -2.35. The Morgan fingerprint density at radius 1 is 1.17 bits per heavy atom. The standard InChI is InChI=1S/C15H20F2O/c1-10-4-3-5-11(6-10)15(2,18)12-7-13(16)9-14(17)8-12/h7-11,18H,3-6H2,1-2H3. The summed E-state index contributed by atoms with van der Waals surface area (Å²) in [5, 5.41) is 10.6. The van der Waals surface area contributed by atoms with Crippen molar-refractivity contribution in [2.24, 2.45) is 11.8 Å². The Kier molecular flexibility index (Phi) is 3.71. The number of hydrogen-bond acceptors (Lipinski definition) is 1. The van der Waals surface area contributed by atoms with Crippen LogP contribution in [-0.2, 0) is 5.60 Å². The van der Waals surface area contributed by atoms with Gasteiger partial charge in [0.1, 0.15) is 11.6 Å². The van der Waals surface area contributed by atoms with Gasteiger partial charge >= 0.3 is 0 Å². The molecule has 1 fully saturated rings. The van der Waals surface area contributed by atoms with E-state index < -0.39 is 17.2 Å². The number of benzene rings is 1. The van der Waals surface area contributed by atoms with Crippen LogP contribution in [0.1, 0.15) is 45.1 Å². The zero-order valence-electron chi connectivity index (χ0n) is 10.9. The summed E-state index contributed by atoms with van der Waals surface area (Å²) in [6, 6.07) is 3.31. The van der Waals surface area contributed by atoms with Crippen LogP contribution in [-0.4, -0.2) is 5.11 Å². The van der Waals surface area contributed by atoms with Crippen LogP contribution in [0.3, 0.4) is 0 Å². The predicted octanol–water partition coefficient (Wildman–Crippen LogP) is 4.00. The zero-order valence-corrected chi connectivity index (χ0v) is 10.9. The third-order valence-corrected chi connectivity index (χ3v) is 4.18. The highest BCUT2D eigenvalue weighted by Crippen LogP contribution is 2.41. The van der Waals surface area contributed by atoms with Gasteiger partial charge < -0.3 is 5.11 Å². The molecule has 0 bridgehead atoms. The first-order chi connectivity index (χ1) is 8.39. The first-order valence-corrected chi connectivity index (χ1v) is 6.58. The van der Waals surface area contributed by atoms with Gasteiger partial charge in [-0.15, -0.1) is 0 Å². The highest BCUT2D eigenvalue weighted by Gasteiger charge is 2.36. The van der Waals surface area contributed by atoms with E-state index >= 15 is 0 Å². The molecule has 0 heterocycles. The van der Waals surface area contributed by atoms with Gasteiger partial charge in [-0.1, -0.05) is 19.8 Å². The second kappa shape index (κ2) is 4.96. The molecule has 100 valence electrons. The minimum atomic E-state index is -1.16. The molecule has 1 nitrogen and oxygen atoms in total. The predicted molar refractivity (Wildman–Crippen MR) is 67.1 cm³/mol. The zero-order chi connectivity index (χ0) is 13.3. The van der Waals surface area contributed by atoms with E-state index in [9.17, 15) is 13.9 Å². The molecular formula is C15H20F2O. The third-order valence-electron chi connectivity index (χ3n) is 4.18. The molecule has 0 aromatic heterocycles. The fourth-order valence-corrected chi connectivity index (χ4v) is 3.03. The average Bonchev–Trinajstić information content (AvgIpc) is 2.27. The minimum absolute atomic E-state index is 0.0717. The van der Waals surface area contributed by atoms with E-state index in [1.54, 1.807) is 6.92 Å². The van der Waals surface area contributed by atoms with Crippen LogP contribution in [0.4, 0.5) is 8.78 Å². The van der Waals surface area contributed by atoms with Gasteiger partial charge in [-0.05, 0) is 49.3 Å². The summed E-state index contributed by atoms with van der Waals surface area (Å²) in [6.45, 7) is 3.83. The van der Waals surface area contributed by atoms with E-state index in [0.717, 1.165) is 25.3 Å². The second-order valence-corrected chi connectivity index (χ2v) is 5.77. The lowest BCUT2D eigenvalue weighted by molar-refractivity contribution is -0.0298. The molecule has 0 amide bonds. The van der Waals surface area contributed by atoms with Crippen molar-refractivity contribution < 1.29 is 13.9 Å². The van der Waals surface area contributed by atoms with Crippen LogP contribution in [0, 0.1) is 23.5 Å². The molecule has 18 heavy (non-hydrogen) atoms. The SMILES string of the molecule is CC1CCCC(C(C)(O)c2cc(F)cc(F)c2)C1. The number of aliphatic hydroxyl groups is 1. The molecule has 0 aliphatic heterocycles. The first kappa shape index (κ1) is 13.5.